The van der Waals surface area contributed by atoms with E-state index in [4.69, 9.17) is 0 Å². The molecular formula is C16H24N4O. The van der Waals surface area contributed by atoms with Gasteiger partial charge >= 0.3 is 0 Å². The lowest BCUT2D eigenvalue weighted by Crippen LogP contribution is -2.54. The number of nitrogens with one attached hydrogen (secondary N) is 2. The predicted octanol–water partition coefficient (Wildman–Crippen LogP) is 1.30. The van der Waals surface area contributed by atoms with Crippen molar-refractivity contribution >= 4 is 11.7 Å². The van der Waals surface area contributed by atoms with E-state index in [1.807, 2.05) is 6.20 Å². The predicted molar refractivity (Wildman–Crippen MR) is 83.1 cm³/mol. The van der Waals surface area contributed by atoms with E-state index in [-0.39, 0.29) is 5.91 Å². The van der Waals surface area contributed by atoms with Gasteiger partial charge in [-0.3, -0.25) is 4.79 Å². The molecule has 1 amide bonds. The molecule has 1 aromatic heterocycles. The summed E-state index contributed by atoms with van der Waals surface area (Å²) in [5, 5.41) is 6.44. The molecule has 2 aliphatic heterocycles. The Balaban J connectivity index is 1.61. The van der Waals surface area contributed by atoms with Crippen LogP contribution in [0, 0.1) is 5.92 Å². The van der Waals surface area contributed by atoms with E-state index in [0.29, 0.717) is 18.4 Å². The molecule has 0 spiro atoms. The molecule has 2 saturated heterocycles. The first-order chi connectivity index (χ1) is 10.3. The van der Waals surface area contributed by atoms with Crippen molar-refractivity contribution in [1.29, 1.82) is 0 Å². The topological polar surface area (TPSA) is 57.3 Å². The lowest BCUT2D eigenvalue weighted by Gasteiger charge is -2.41. The summed E-state index contributed by atoms with van der Waals surface area (Å²) in [6, 6.07) is 4.64. The average Bonchev–Trinajstić information content (AvgIpc) is 2.53. The molecule has 2 atom stereocenters. The van der Waals surface area contributed by atoms with Crippen LogP contribution in [-0.2, 0) is 11.3 Å². The van der Waals surface area contributed by atoms with Crippen LogP contribution in [0.5, 0.6) is 0 Å². The normalized spacial score (nSPS) is 25.4. The summed E-state index contributed by atoms with van der Waals surface area (Å²) < 4.78 is 0. The lowest BCUT2D eigenvalue weighted by atomic mass is 9.85. The fourth-order valence-corrected chi connectivity index (χ4v) is 3.30. The third-order valence-corrected chi connectivity index (χ3v) is 4.53. The molecule has 0 aromatic carbocycles. The minimum absolute atomic E-state index is 0.218. The summed E-state index contributed by atoms with van der Waals surface area (Å²) in [7, 11) is 0. The van der Waals surface area contributed by atoms with E-state index in [1.165, 1.54) is 5.56 Å². The third-order valence-electron chi connectivity index (χ3n) is 4.53. The fourth-order valence-electron chi connectivity index (χ4n) is 3.30. The van der Waals surface area contributed by atoms with E-state index in [1.54, 1.807) is 0 Å². The van der Waals surface area contributed by atoms with Crippen molar-refractivity contribution in [2.75, 3.05) is 24.5 Å². The highest BCUT2D eigenvalue weighted by molar-refractivity contribution is 5.77. The summed E-state index contributed by atoms with van der Waals surface area (Å²) in [4.78, 5) is 18.4. The molecule has 3 rings (SSSR count). The maximum atomic E-state index is 11.5. The number of rotatable bonds is 4. The van der Waals surface area contributed by atoms with Gasteiger partial charge in [0.2, 0.25) is 5.91 Å². The zero-order valence-electron chi connectivity index (χ0n) is 12.6. The van der Waals surface area contributed by atoms with Crippen LogP contribution < -0.4 is 15.5 Å². The van der Waals surface area contributed by atoms with Gasteiger partial charge < -0.3 is 15.5 Å². The van der Waals surface area contributed by atoms with E-state index in [2.05, 4.69) is 39.6 Å². The molecule has 0 aliphatic carbocycles. The summed E-state index contributed by atoms with van der Waals surface area (Å²) >= 11 is 0. The van der Waals surface area contributed by atoms with E-state index < -0.39 is 0 Å². The maximum Gasteiger partial charge on any atom is 0.220 e. The molecule has 21 heavy (non-hydrogen) atoms. The van der Waals surface area contributed by atoms with Gasteiger partial charge in [0.15, 0.2) is 0 Å². The molecule has 2 fully saturated rings. The SMILES string of the molecule is CCNCc1ccc(N2CCC3NC(=O)CCC3C2)nc1. The highest BCUT2D eigenvalue weighted by Gasteiger charge is 2.33. The van der Waals surface area contributed by atoms with Gasteiger partial charge in [-0.15, -0.1) is 0 Å². The van der Waals surface area contributed by atoms with Crippen LogP contribution in [-0.4, -0.2) is 36.6 Å². The number of aromatic nitrogens is 1. The van der Waals surface area contributed by atoms with Crippen molar-refractivity contribution in [2.45, 2.75) is 38.8 Å². The Morgan fingerprint density at radius 2 is 2.33 bits per heavy atom. The number of piperidine rings is 2. The van der Waals surface area contributed by atoms with Crippen molar-refractivity contribution in [3.63, 3.8) is 0 Å². The molecule has 5 nitrogen and oxygen atoms in total. The van der Waals surface area contributed by atoms with Crippen LogP contribution in [0.4, 0.5) is 5.82 Å². The van der Waals surface area contributed by atoms with Gasteiger partial charge in [-0.05, 0) is 36.9 Å². The van der Waals surface area contributed by atoms with Crippen LogP contribution in [0.1, 0.15) is 31.7 Å². The Morgan fingerprint density at radius 3 is 3.10 bits per heavy atom. The second kappa shape index (κ2) is 6.43. The number of pyridine rings is 1. The highest BCUT2D eigenvalue weighted by atomic mass is 16.1. The van der Waals surface area contributed by atoms with Crippen LogP contribution >= 0.6 is 0 Å². The minimum atomic E-state index is 0.218. The molecule has 5 heteroatoms. The smallest absolute Gasteiger partial charge is 0.220 e. The average molecular weight is 288 g/mol. The van der Waals surface area contributed by atoms with Crippen LogP contribution in [0.3, 0.4) is 0 Å². The van der Waals surface area contributed by atoms with Gasteiger partial charge in [0.05, 0.1) is 0 Å². The number of carbonyl (C=O) groups is 1. The molecular weight excluding hydrogens is 264 g/mol. The lowest BCUT2D eigenvalue weighted by molar-refractivity contribution is -0.124. The van der Waals surface area contributed by atoms with Gasteiger partial charge in [-0.1, -0.05) is 13.0 Å². The summed E-state index contributed by atoms with van der Waals surface area (Å²) in [5.74, 6) is 1.85. The number of carbonyl (C=O) groups excluding carboxylic acids is 1. The molecule has 114 valence electrons. The van der Waals surface area contributed by atoms with Gasteiger partial charge in [-0.25, -0.2) is 4.98 Å². The molecule has 0 bridgehead atoms. The van der Waals surface area contributed by atoms with Gasteiger partial charge in [-0.2, -0.15) is 0 Å². The fraction of sp³-hybridized carbons (Fsp3) is 0.625. The molecule has 2 unspecified atom stereocenters. The Labute approximate surface area is 126 Å². The first-order valence-electron chi connectivity index (χ1n) is 7.96. The van der Waals surface area contributed by atoms with Crippen molar-refractivity contribution in [1.82, 2.24) is 15.6 Å². The Kier molecular flexibility index (Phi) is 4.39. The number of fused-ring (bicyclic) bond motifs is 1. The second-order valence-corrected chi connectivity index (χ2v) is 6.01. The molecule has 0 saturated carbocycles. The van der Waals surface area contributed by atoms with Crippen molar-refractivity contribution in [3.8, 4) is 0 Å². The highest BCUT2D eigenvalue weighted by Crippen LogP contribution is 2.27. The first kappa shape index (κ1) is 14.3. The van der Waals surface area contributed by atoms with Gasteiger partial charge in [0, 0.05) is 38.3 Å². The monoisotopic (exact) mass is 288 g/mol. The van der Waals surface area contributed by atoms with Gasteiger partial charge in [0.1, 0.15) is 5.82 Å². The third kappa shape index (κ3) is 3.35. The molecule has 2 N–H and O–H groups in total. The van der Waals surface area contributed by atoms with Crippen molar-refractivity contribution < 1.29 is 4.79 Å². The van der Waals surface area contributed by atoms with E-state index in [0.717, 1.165) is 44.8 Å². The minimum Gasteiger partial charge on any atom is -0.356 e. The number of amides is 1. The van der Waals surface area contributed by atoms with Crippen LogP contribution in [0.2, 0.25) is 0 Å². The summed E-state index contributed by atoms with van der Waals surface area (Å²) in [6.07, 6.45) is 4.67. The number of anilines is 1. The molecule has 3 heterocycles. The number of hydrogen-bond donors (Lipinski definition) is 2. The molecule has 1 aromatic rings. The van der Waals surface area contributed by atoms with Crippen molar-refractivity contribution in [2.24, 2.45) is 5.92 Å². The summed E-state index contributed by atoms with van der Waals surface area (Å²) in [6.45, 7) is 5.93. The second-order valence-electron chi connectivity index (χ2n) is 6.01. The quantitative estimate of drug-likeness (QED) is 0.877. The number of hydrogen-bond acceptors (Lipinski definition) is 4. The van der Waals surface area contributed by atoms with Gasteiger partial charge in [0.25, 0.3) is 0 Å². The first-order valence-corrected chi connectivity index (χ1v) is 7.96. The zero-order valence-corrected chi connectivity index (χ0v) is 12.6. The van der Waals surface area contributed by atoms with Crippen molar-refractivity contribution in [3.05, 3.63) is 23.9 Å². The molecule has 0 radical (unpaired) electrons. The number of nitrogens with zero attached hydrogens (tertiary/aromatic N) is 2. The summed E-state index contributed by atoms with van der Waals surface area (Å²) in [5.41, 5.74) is 1.22. The Morgan fingerprint density at radius 1 is 1.43 bits per heavy atom. The zero-order chi connectivity index (χ0) is 14.7. The Hall–Kier alpha value is -1.62. The standard InChI is InChI=1S/C16H24N4O/c1-2-17-9-12-3-5-15(18-10-12)20-8-7-14-13(11-20)4-6-16(21)19-14/h3,5,10,13-14,17H,2,4,6-9,11H2,1H3,(H,19,21). The Bertz CT molecular complexity index is 488. The maximum absolute atomic E-state index is 11.5. The van der Waals surface area contributed by atoms with E-state index in [9.17, 15) is 4.79 Å². The largest absolute Gasteiger partial charge is 0.356 e. The van der Waals surface area contributed by atoms with E-state index >= 15 is 0 Å². The molecule has 2 aliphatic rings. The van der Waals surface area contributed by atoms with Crippen LogP contribution in [0.25, 0.3) is 0 Å². The van der Waals surface area contributed by atoms with Crippen LogP contribution in [0.15, 0.2) is 18.3 Å².